The van der Waals surface area contributed by atoms with Crippen LogP contribution in [0.4, 0.5) is 11.4 Å². The van der Waals surface area contributed by atoms with Crippen molar-refractivity contribution in [1.82, 2.24) is 4.98 Å². The number of anilines is 1. The molecule has 9 heteroatoms. The summed E-state index contributed by atoms with van der Waals surface area (Å²) in [5.41, 5.74) is 2.40. The number of aryl methyl sites for hydroxylation is 3. The number of aromatic nitrogens is 1. The second-order valence-electron chi connectivity index (χ2n) is 6.92. The number of hydrogen-bond acceptors (Lipinski definition) is 7. The molecule has 3 rings (SSSR count). The maximum Gasteiger partial charge on any atom is 0.306 e. The minimum absolute atomic E-state index is 0.0222. The summed E-state index contributed by atoms with van der Waals surface area (Å²) >= 11 is 0. The maximum absolute atomic E-state index is 12.1. The van der Waals surface area contributed by atoms with Crippen molar-refractivity contribution in [1.29, 1.82) is 0 Å². The quantitative estimate of drug-likeness (QED) is 0.330. The molecular formula is C22H21N3O6. The molecule has 0 aliphatic carbocycles. The summed E-state index contributed by atoms with van der Waals surface area (Å²) in [6.45, 7) is 3.07. The van der Waals surface area contributed by atoms with Crippen LogP contribution in [0.5, 0.6) is 0 Å². The van der Waals surface area contributed by atoms with Gasteiger partial charge in [-0.05, 0) is 19.4 Å². The number of benzene rings is 2. The summed E-state index contributed by atoms with van der Waals surface area (Å²) in [5, 5.41) is 13.5. The van der Waals surface area contributed by atoms with Crippen molar-refractivity contribution in [3.63, 3.8) is 0 Å². The number of carbonyl (C=O) groups excluding carboxylic acids is 2. The summed E-state index contributed by atoms with van der Waals surface area (Å²) in [4.78, 5) is 38.7. The Labute approximate surface area is 178 Å². The van der Waals surface area contributed by atoms with Gasteiger partial charge in [-0.1, -0.05) is 42.0 Å². The first-order chi connectivity index (χ1) is 14.8. The third-order valence-electron chi connectivity index (χ3n) is 4.51. The molecule has 31 heavy (non-hydrogen) atoms. The van der Waals surface area contributed by atoms with Gasteiger partial charge in [-0.3, -0.25) is 19.7 Å². The number of nitro groups is 1. The van der Waals surface area contributed by atoms with E-state index in [1.54, 1.807) is 19.2 Å². The molecule has 0 aliphatic rings. The molecule has 0 aliphatic heterocycles. The van der Waals surface area contributed by atoms with E-state index in [4.69, 9.17) is 9.15 Å². The van der Waals surface area contributed by atoms with Crippen LogP contribution in [0.15, 0.2) is 53.1 Å². The number of ether oxygens (including phenoxy) is 1. The van der Waals surface area contributed by atoms with E-state index in [2.05, 4.69) is 10.3 Å². The molecule has 1 heterocycles. The molecular weight excluding hydrogens is 402 g/mol. The first kappa shape index (κ1) is 21.7. The van der Waals surface area contributed by atoms with Crippen LogP contribution < -0.4 is 5.32 Å². The lowest BCUT2D eigenvalue weighted by atomic mass is 10.1. The Balaban J connectivity index is 1.48. The normalized spacial score (nSPS) is 10.5. The van der Waals surface area contributed by atoms with Gasteiger partial charge in [0.15, 0.2) is 18.3 Å². The summed E-state index contributed by atoms with van der Waals surface area (Å²) in [6, 6.07) is 12.2. The molecule has 0 unspecified atom stereocenters. The fourth-order valence-corrected chi connectivity index (χ4v) is 2.85. The summed E-state index contributed by atoms with van der Waals surface area (Å²) in [6.07, 6.45) is 1.79. The van der Waals surface area contributed by atoms with E-state index in [1.807, 2.05) is 31.2 Å². The molecule has 1 N–H and O–H groups in total. The highest BCUT2D eigenvalue weighted by Gasteiger charge is 2.18. The predicted octanol–water partition coefficient (Wildman–Crippen LogP) is 3.98. The fraction of sp³-hybridized carbons (Fsp3) is 0.227. The first-order valence-corrected chi connectivity index (χ1v) is 9.54. The van der Waals surface area contributed by atoms with Gasteiger partial charge in [0, 0.05) is 18.1 Å². The highest BCUT2D eigenvalue weighted by atomic mass is 16.6. The number of esters is 1. The molecule has 0 radical (unpaired) electrons. The monoisotopic (exact) mass is 423 g/mol. The number of nitrogens with one attached hydrogen (secondary N) is 1. The minimum Gasteiger partial charge on any atom is -0.456 e. The van der Waals surface area contributed by atoms with Gasteiger partial charge in [-0.25, -0.2) is 4.98 Å². The Morgan fingerprint density at radius 1 is 1.16 bits per heavy atom. The van der Waals surface area contributed by atoms with Crippen molar-refractivity contribution in [3.8, 4) is 11.3 Å². The van der Waals surface area contributed by atoms with E-state index < -0.39 is 23.4 Å². The van der Waals surface area contributed by atoms with E-state index >= 15 is 0 Å². The Hall–Kier alpha value is -4.01. The standard InChI is InChI=1S/C22H21N3O6/c1-14-6-8-16(9-7-14)18-12-23-20(31-18)10-11-21(27)30-13-19(26)24-22-15(2)4-3-5-17(22)25(28)29/h3-9,12H,10-11,13H2,1-2H3,(H,24,26). The van der Waals surface area contributed by atoms with Crippen molar-refractivity contribution in [3.05, 3.63) is 75.8 Å². The number of amides is 1. The second-order valence-corrected chi connectivity index (χ2v) is 6.92. The summed E-state index contributed by atoms with van der Waals surface area (Å²) < 4.78 is 10.6. The molecule has 0 saturated heterocycles. The van der Waals surface area contributed by atoms with Gasteiger partial charge in [0.1, 0.15) is 5.69 Å². The molecule has 1 amide bonds. The van der Waals surface area contributed by atoms with Crippen molar-refractivity contribution in [2.75, 3.05) is 11.9 Å². The van der Waals surface area contributed by atoms with E-state index in [0.717, 1.165) is 11.1 Å². The third-order valence-corrected chi connectivity index (χ3v) is 4.51. The zero-order valence-electron chi connectivity index (χ0n) is 17.1. The fourth-order valence-electron chi connectivity index (χ4n) is 2.85. The van der Waals surface area contributed by atoms with Gasteiger partial charge in [0.05, 0.1) is 17.5 Å². The Morgan fingerprint density at radius 2 is 1.90 bits per heavy atom. The van der Waals surface area contributed by atoms with Crippen LogP contribution >= 0.6 is 0 Å². The van der Waals surface area contributed by atoms with Crippen LogP contribution in [-0.4, -0.2) is 28.4 Å². The van der Waals surface area contributed by atoms with E-state index in [-0.39, 0.29) is 24.2 Å². The van der Waals surface area contributed by atoms with Gasteiger partial charge in [0.2, 0.25) is 0 Å². The number of nitrogens with zero attached hydrogens (tertiary/aromatic N) is 2. The molecule has 0 spiro atoms. The molecule has 160 valence electrons. The molecule has 0 saturated carbocycles. The number of rotatable bonds is 8. The topological polar surface area (TPSA) is 125 Å². The molecule has 1 aromatic heterocycles. The Kier molecular flexibility index (Phi) is 6.76. The average molecular weight is 423 g/mol. The van der Waals surface area contributed by atoms with E-state index in [0.29, 0.717) is 17.2 Å². The van der Waals surface area contributed by atoms with E-state index in [9.17, 15) is 19.7 Å². The first-order valence-electron chi connectivity index (χ1n) is 9.54. The molecule has 0 atom stereocenters. The van der Waals surface area contributed by atoms with Crippen LogP contribution in [0.25, 0.3) is 11.3 Å². The van der Waals surface area contributed by atoms with Gasteiger partial charge < -0.3 is 14.5 Å². The lowest BCUT2D eigenvalue weighted by Crippen LogP contribution is -2.22. The number of nitro benzene ring substituents is 1. The van der Waals surface area contributed by atoms with Crippen molar-refractivity contribution < 1.29 is 23.7 Å². The summed E-state index contributed by atoms with van der Waals surface area (Å²) in [5.74, 6) is -0.289. The molecule has 0 fully saturated rings. The second kappa shape index (κ2) is 9.66. The van der Waals surface area contributed by atoms with Crippen LogP contribution in [0, 0.1) is 24.0 Å². The molecule has 9 nitrogen and oxygen atoms in total. The molecule has 0 bridgehead atoms. The van der Waals surface area contributed by atoms with Crippen LogP contribution in [0.1, 0.15) is 23.4 Å². The van der Waals surface area contributed by atoms with Gasteiger partial charge in [-0.15, -0.1) is 0 Å². The zero-order valence-corrected chi connectivity index (χ0v) is 17.1. The van der Waals surface area contributed by atoms with Crippen LogP contribution in [-0.2, 0) is 20.7 Å². The number of carbonyl (C=O) groups is 2. The van der Waals surface area contributed by atoms with Crippen molar-refractivity contribution in [2.24, 2.45) is 0 Å². The van der Waals surface area contributed by atoms with Crippen LogP contribution in [0.3, 0.4) is 0 Å². The highest BCUT2D eigenvalue weighted by Crippen LogP contribution is 2.27. The SMILES string of the molecule is Cc1ccc(-c2cnc(CCC(=O)OCC(=O)Nc3c(C)cccc3[N+](=O)[O-])o2)cc1. The van der Waals surface area contributed by atoms with Gasteiger partial charge >= 0.3 is 5.97 Å². The Bertz CT molecular complexity index is 1100. The predicted molar refractivity (Wildman–Crippen MR) is 112 cm³/mol. The maximum atomic E-state index is 12.1. The average Bonchev–Trinajstić information content (AvgIpc) is 3.21. The van der Waals surface area contributed by atoms with Gasteiger partial charge in [-0.2, -0.15) is 0 Å². The number of para-hydroxylation sites is 1. The summed E-state index contributed by atoms with van der Waals surface area (Å²) in [7, 11) is 0. The van der Waals surface area contributed by atoms with Crippen molar-refractivity contribution >= 4 is 23.3 Å². The lowest BCUT2D eigenvalue weighted by molar-refractivity contribution is -0.384. The zero-order chi connectivity index (χ0) is 22.4. The molecule has 2 aromatic carbocycles. The largest absolute Gasteiger partial charge is 0.456 e. The third kappa shape index (κ3) is 5.75. The molecule has 3 aromatic rings. The smallest absolute Gasteiger partial charge is 0.306 e. The Morgan fingerprint density at radius 3 is 2.61 bits per heavy atom. The van der Waals surface area contributed by atoms with Crippen molar-refractivity contribution in [2.45, 2.75) is 26.7 Å². The number of hydrogen-bond donors (Lipinski definition) is 1. The minimum atomic E-state index is -0.663. The highest BCUT2D eigenvalue weighted by molar-refractivity contribution is 5.95. The van der Waals surface area contributed by atoms with Crippen LogP contribution in [0.2, 0.25) is 0 Å². The lowest BCUT2D eigenvalue weighted by Gasteiger charge is -2.09. The number of oxazole rings is 1. The van der Waals surface area contributed by atoms with E-state index in [1.165, 1.54) is 12.1 Å². The van der Waals surface area contributed by atoms with Gasteiger partial charge in [0.25, 0.3) is 11.6 Å².